The Morgan fingerprint density at radius 2 is 2.08 bits per heavy atom. The summed E-state index contributed by atoms with van der Waals surface area (Å²) < 4.78 is 0. The van der Waals surface area contributed by atoms with Crippen LogP contribution in [0.25, 0.3) is 0 Å². The van der Waals surface area contributed by atoms with E-state index in [2.05, 4.69) is 33.4 Å². The van der Waals surface area contributed by atoms with E-state index in [4.69, 9.17) is 0 Å². The molecular formula is C12H20O. The maximum Gasteiger partial charge on any atom is 0.0787 e. The van der Waals surface area contributed by atoms with Gasteiger partial charge in [0, 0.05) is 0 Å². The number of aliphatic hydroxyl groups excluding tert-OH is 1. The quantitative estimate of drug-likeness (QED) is 0.607. The van der Waals surface area contributed by atoms with Gasteiger partial charge < -0.3 is 5.11 Å². The van der Waals surface area contributed by atoms with E-state index in [9.17, 15) is 5.11 Å². The molecule has 0 saturated heterocycles. The third kappa shape index (κ3) is 3.00. The Morgan fingerprint density at radius 3 is 2.62 bits per heavy atom. The molecule has 0 spiro atoms. The smallest absolute Gasteiger partial charge is 0.0787 e. The summed E-state index contributed by atoms with van der Waals surface area (Å²) in [6.45, 7) is 10.5. The van der Waals surface area contributed by atoms with Crippen molar-refractivity contribution >= 4 is 0 Å². The number of hydrogen-bond donors (Lipinski definition) is 1. The third-order valence-electron chi connectivity index (χ3n) is 2.35. The van der Waals surface area contributed by atoms with Crippen molar-refractivity contribution < 1.29 is 5.11 Å². The van der Waals surface area contributed by atoms with Crippen molar-refractivity contribution in [2.24, 2.45) is 5.41 Å². The maximum absolute atomic E-state index is 9.60. The van der Waals surface area contributed by atoms with Gasteiger partial charge in [0.1, 0.15) is 0 Å². The zero-order valence-electron chi connectivity index (χ0n) is 8.93. The first kappa shape index (κ1) is 10.5. The monoisotopic (exact) mass is 180 g/mol. The third-order valence-corrected chi connectivity index (χ3v) is 2.35. The van der Waals surface area contributed by atoms with Crippen LogP contribution in [0.1, 0.15) is 40.0 Å². The predicted molar refractivity (Wildman–Crippen MR) is 56.5 cm³/mol. The second kappa shape index (κ2) is 3.67. The SMILES string of the molecule is C=C1C(=CC(C)(C)C)CCCC1O. The summed E-state index contributed by atoms with van der Waals surface area (Å²) in [7, 11) is 0. The average Bonchev–Trinajstić information content (AvgIpc) is 1.96. The lowest BCUT2D eigenvalue weighted by Gasteiger charge is -2.25. The highest BCUT2D eigenvalue weighted by atomic mass is 16.3. The Hall–Kier alpha value is -0.560. The molecule has 74 valence electrons. The fraction of sp³-hybridized carbons (Fsp3) is 0.667. The van der Waals surface area contributed by atoms with Gasteiger partial charge in [0.15, 0.2) is 0 Å². The number of rotatable bonds is 0. The first-order chi connectivity index (χ1) is 5.90. The standard InChI is InChI=1S/C12H20O/c1-9-10(8-12(2,3)4)6-5-7-11(9)13/h8,11,13H,1,5-7H2,2-4H3. The molecule has 1 rings (SSSR count). The summed E-state index contributed by atoms with van der Waals surface area (Å²) in [6.07, 6.45) is 4.97. The second-order valence-electron chi connectivity index (χ2n) is 4.97. The van der Waals surface area contributed by atoms with Crippen molar-refractivity contribution in [2.45, 2.75) is 46.1 Å². The largest absolute Gasteiger partial charge is 0.388 e. The van der Waals surface area contributed by atoms with Crippen molar-refractivity contribution in [3.63, 3.8) is 0 Å². The van der Waals surface area contributed by atoms with Crippen molar-refractivity contribution in [1.82, 2.24) is 0 Å². The topological polar surface area (TPSA) is 20.2 Å². The van der Waals surface area contributed by atoms with Crippen LogP contribution in [0.2, 0.25) is 0 Å². The van der Waals surface area contributed by atoms with E-state index in [1.807, 2.05) is 0 Å². The minimum Gasteiger partial charge on any atom is -0.388 e. The molecular weight excluding hydrogens is 160 g/mol. The Balaban J connectivity index is 2.80. The Kier molecular flexibility index (Phi) is 2.97. The lowest BCUT2D eigenvalue weighted by Crippen LogP contribution is -2.17. The molecule has 1 saturated carbocycles. The van der Waals surface area contributed by atoms with E-state index in [0.29, 0.717) is 0 Å². The highest BCUT2D eigenvalue weighted by molar-refractivity contribution is 5.34. The van der Waals surface area contributed by atoms with Gasteiger partial charge in [-0.05, 0) is 35.8 Å². The summed E-state index contributed by atoms with van der Waals surface area (Å²) in [6, 6.07) is 0. The van der Waals surface area contributed by atoms with Gasteiger partial charge in [0.2, 0.25) is 0 Å². The first-order valence-electron chi connectivity index (χ1n) is 4.99. The van der Waals surface area contributed by atoms with Crippen LogP contribution in [0.5, 0.6) is 0 Å². The fourth-order valence-electron chi connectivity index (χ4n) is 1.72. The summed E-state index contributed by atoms with van der Waals surface area (Å²) >= 11 is 0. The van der Waals surface area contributed by atoms with E-state index in [0.717, 1.165) is 24.8 Å². The number of hydrogen-bond acceptors (Lipinski definition) is 1. The molecule has 0 heterocycles. The van der Waals surface area contributed by atoms with Crippen molar-refractivity contribution in [1.29, 1.82) is 0 Å². The van der Waals surface area contributed by atoms with Crippen LogP contribution in [0, 0.1) is 5.41 Å². The lowest BCUT2D eigenvalue weighted by molar-refractivity contribution is 0.190. The molecule has 0 radical (unpaired) electrons. The molecule has 0 bridgehead atoms. The van der Waals surface area contributed by atoms with Crippen LogP contribution in [-0.4, -0.2) is 11.2 Å². The van der Waals surface area contributed by atoms with Crippen LogP contribution < -0.4 is 0 Å². The van der Waals surface area contributed by atoms with Crippen LogP contribution in [0.4, 0.5) is 0 Å². The normalized spacial score (nSPS) is 28.2. The Morgan fingerprint density at radius 1 is 1.46 bits per heavy atom. The van der Waals surface area contributed by atoms with E-state index >= 15 is 0 Å². The lowest BCUT2D eigenvalue weighted by atomic mass is 9.83. The van der Waals surface area contributed by atoms with E-state index in [-0.39, 0.29) is 11.5 Å². The van der Waals surface area contributed by atoms with Gasteiger partial charge >= 0.3 is 0 Å². The summed E-state index contributed by atoms with van der Waals surface area (Å²) in [5.41, 5.74) is 2.38. The Labute approximate surface area is 81.2 Å². The molecule has 1 unspecified atom stereocenters. The molecule has 1 nitrogen and oxygen atoms in total. The number of aliphatic hydroxyl groups is 1. The molecule has 1 heteroatoms. The van der Waals surface area contributed by atoms with E-state index < -0.39 is 0 Å². The molecule has 0 aromatic heterocycles. The summed E-state index contributed by atoms with van der Waals surface area (Å²) in [4.78, 5) is 0. The summed E-state index contributed by atoms with van der Waals surface area (Å²) in [5.74, 6) is 0. The zero-order valence-corrected chi connectivity index (χ0v) is 8.93. The predicted octanol–water partition coefficient (Wildman–Crippen LogP) is 3.06. The molecule has 1 atom stereocenters. The van der Waals surface area contributed by atoms with Crippen LogP contribution >= 0.6 is 0 Å². The average molecular weight is 180 g/mol. The molecule has 13 heavy (non-hydrogen) atoms. The molecule has 0 aromatic carbocycles. The molecule has 1 N–H and O–H groups in total. The van der Waals surface area contributed by atoms with Crippen LogP contribution in [-0.2, 0) is 0 Å². The number of allylic oxidation sites excluding steroid dienone is 1. The van der Waals surface area contributed by atoms with Crippen molar-refractivity contribution in [2.75, 3.05) is 0 Å². The van der Waals surface area contributed by atoms with Crippen LogP contribution in [0.15, 0.2) is 23.8 Å². The van der Waals surface area contributed by atoms with Crippen molar-refractivity contribution in [3.05, 3.63) is 23.8 Å². The molecule has 1 aliphatic carbocycles. The maximum atomic E-state index is 9.60. The Bertz CT molecular complexity index is 230. The molecule has 0 aliphatic heterocycles. The van der Waals surface area contributed by atoms with E-state index in [1.54, 1.807) is 0 Å². The second-order valence-corrected chi connectivity index (χ2v) is 4.97. The minimum atomic E-state index is -0.303. The van der Waals surface area contributed by atoms with Gasteiger partial charge in [-0.15, -0.1) is 0 Å². The van der Waals surface area contributed by atoms with Crippen LogP contribution in [0.3, 0.4) is 0 Å². The minimum absolute atomic E-state index is 0.190. The molecule has 0 amide bonds. The van der Waals surface area contributed by atoms with E-state index in [1.165, 1.54) is 5.57 Å². The molecule has 0 aromatic rings. The highest BCUT2D eigenvalue weighted by Crippen LogP contribution is 2.31. The van der Waals surface area contributed by atoms with Gasteiger partial charge in [-0.25, -0.2) is 0 Å². The van der Waals surface area contributed by atoms with Gasteiger partial charge in [-0.1, -0.05) is 33.4 Å². The van der Waals surface area contributed by atoms with Gasteiger partial charge in [0.05, 0.1) is 6.10 Å². The fourth-order valence-corrected chi connectivity index (χ4v) is 1.72. The first-order valence-corrected chi connectivity index (χ1v) is 4.99. The van der Waals surface area contributed by atoms with Gasteiger partial charge in [-0.2, -0.15) is 0 Å². The molecule has 1 fully saturated rings. The highest BCUT2D eigenvalue weighted by Gasteiger charge is 2.20. The summed E-state index contributed by atoms with van der Waals surface area (Å²) in [5, 5.41) is 9.60. The molecule has 1 aliphatic rings. The van der Waals surface area contributed by atoms with Gasteiger partial charge in [-0.3, -0.25) is 0 Å². The zero-order chi connectivity index (χ0) is 10.1. The van der Waals surface area contributed by atoms with Gasteiger partial charge in [0.25, 0.3) is 0 Å². The van der Waals surface area contributed by atoms with Crippen molar-refractivity contribution in [3.8, 4) is 0 Å².